The van der Waals surface area contributed by atoms with Crippen molar-refractivity contribution in [2.75, 3.05) is 21.3 Å². The maximum Gasteiger partial charge on any atom is 0.201 e. The number of methoxy groups -OCH3 is 3. The number of hydrogen-bond acceptors (Lipinski definition) is 5. The topological polar surface area (TPSA) is 68.2 Å². The van der Waals surface area contributed by atoms with E-state index < -0.39 is 0 Å². The van der Waals surface area contributed by atoms with Crippen molar-refractivity contribution in [2.45, 2.75) is 0 Å². The molecule has 0 amide bonds. The van der Waals surface area contributed by atoms with Crippen LogP contribution in [-0.2, 0) is 0 Å². The number of rotatable bonds is 5. The zero-order valence-electron chi connectivity index (χ0n) is 12.7. The molecule has 0 saturated heterocycles. The SMILES string of the molecule is COc1cc(O)cc(/C=C/c2ccc(OC)c(O)c2OC)c1. The van der Waals surface area contributed by atoms with Crippen molar-refractivity contribution in [1.82, 2.24) is 0 Å². The van der Waals surface area contributed by atoms with E-state index in [0.29, 0.717) is 22.8 Å². The molecule has 116 valence electrons. The second kappa shape index (κ2) is 6.76. The fourth-order valence-electron chi connectivity index (χ4n) is 2.09. The van der Waals surface area contributed by atoms with Gasteiger partial charge in [-0.25, -0.2) is 0 Å². The average Bonchev–Trinajstić information content (AvgIpc) is 2.52. The Labute approximate surface area is 129 Å². The van der Waals surface area contributed by atoms with Crippen LogP contribution < -0.4 is 14.2 Å². The summed E-state index contributed by atoms with van der Waals surface area (Å²) >= 11 is 0. The monoisotopic (exact) mass is 302 g/mol. The van der Waals surface area contributed by atoms with Crippen molar-refractivity contribution in [3.63, 3.8) is 0 Å². The molecule has 0 heterocycles. The maximum absolute atomic E-state index is 10.0. The lowest BCUT2D eigenvalue weighted by Crippen LogP contribution is -1.91. The van der Waals surface area contributed by atoms with E-state index >= 15 is 0 Å². The van der Waals surface area contributed by atoms with Crippen molar-refractivity contribution in [3.05, 3.63) is 41.5 Å². The Bertz CT molecular complexity index is 692. The van der Waals surface area contributed by atoms with E-state index in [1.807, 2.05) is 0 Å². The van der Waals surface area contributed by atoms with Gasteiger partial charge in [0, 0.05) is 11.6 Å². The minimum absolute atomic E-state index is 0.0550. The highest BCUT2D eigenvalue weighted by atomic mass is 16.5. The molecule has 0 aliphatic rings. The smallest absolute Gasteiger partial charge is 0.201 e. The van der Waals surface area contributed by atoms with Crippen LogP contribution in [-0.4, -0.2) is 31.5 Å². The molecule has 2 aromatic carbocycles. The molecule has 0 saturated carbocycles. The van der Waals surface area contributed by atoms with Gasteiger partial charge in [-0.3, -0.25) is 0 Å². The Morgan fingerprint density at radius 2 is 1.64 bits per heavy atom. The Balaban J connectivity index is 2.38. The van der Waals surface area contributed by atoms with Crippen molar-refractivity contribution >= 4 is 12.2 Å². The molecule has 0 bridgehead atoms. The quantitative estimate of drug-likeness (QED) is 0.829. The van der Waals surface area contributed by atoms with Crippen LogP contribution in [0.5, 0.6) is 28.7 Å². The van der Waals surface area contributed by atoms with Crippen LogP contribution in [0, 0.1) is 0 Å². The van der Waals surface area contributed by atoms with E-state index in [0.717, 1.165) is 5.56 Å². The van der Waals surface area contributed by atoms with E-state index in [1.54, 1.807) is 36.4 Å². The normalized spacial score (nSPS) is 10.7. The van der Waals surface area contributed by atoms with Gasteiger partial charge in [-0.05, 0) is 29.8 Å². The first-order valence-corrected chi connectivity index (χ1v) is 6.59. The lowest BCUT2D eigenvalue weighted by Gasteiger charge is -2.10. The highest BCUT2D eigenvalue weighted by Crippen LogP contribution is 2.39. The molecule has 0 atom stereocenters. The molecule has 0 fully saturated rings. The summed E-state index contributed by atoms with van der Waals surface area (Å²) in [4.78, 5) is 0. The third-order valence-corrected chi connectivity index (χ3v) is 3.15. The lowest BCUT2D eigenvalue weighted by molar-refractivity contribution is 0.339. The molecule has 2 rings (SSSR count). The summed E-state index contributed by atoms with van der Waals surface area (Å²) in [5.74, 6) is 1.28. The Morgan fingerprint density at radius 1 is 0.864 bits per heavy atom. The first-order valence-electron chi connectivity index (χ1n) is 6.59. The first kappa shape index (κ1) is 15.6. The van der Waals surface area contributed by atoms with Crippen molar-refractivity contribution in [1.29, 1.82) is 0 Å². The predicted molar refractivity (Wildman–Crippen MR) is 84.8 cm³/mol. The third kappa shape index (κ3) is 3.25. The summed E-state index contributed by atoms with van der Waals surface area (Å²) in [5, 5.41) is 19.7. The highest BCUT2D eigenvalue weighted by Gasteiger charge is 2.12. The molecular weight excluding hydrogens is 284 g/mol. The molecule has 22 heavy (non-hydrogen) atoms. The zero-order chi connectivity index (χ0) is 16.1. The van der Waals surface area contributed by atoms with Crippen molar-refractivity contribution in [3.8, 4) is 28.7 Å². The van der Waals surface area contributed by atoms with Gasteiger partial charge < -0.3 is 24.4 Å². The van der Waals surface area contributed by atoms with Crippen molar-refractivity contribution < 1.29 is 24.4 Å². The molecule has 5 nitrogen and oxygen atoms in total. The molecule has 5 heteroatoms. The van der Waals surface area contributed by atoms with E-state index in [2.05, 4.69) is 0 Å². The Kier molecular flexibility index (Phi) is 4.78. The molecule has 2 aromatic rings. The number of phenolic OH excluding ortho intramolecular Hbond substituents is 2. The predicted octanol–water partition coefficient (Wildman–Crippen LogP) is 3.29. The zero-order valence-corrected chi connectivity index (χ0v) is 12.7. The second-order valence-corrected chi connectivity index (χ2v) is 4.54. The van der Waals surface area contributed by atoms with Gasteiger partial charge in [0.25, 0.3) is 0 Å². The number of hydrogen-bond donors (Lipinski definition) is 2. The maximum atomic E-state index is 10.0. The van der Waals surface area contributed by atoms with Crippen LogP contribution in [0.3, 0.4) is 0 Å². The highest BCUT2D eigenvalue weighted by molar-refractivity contribution is 5.76. The van der Waals surface area contributed by atoms with Crippen molar-refractivity contribution in [2.24, 2.45) is 0 Å². The summed E-state index contributed by atoms with van der Waals surface area (Å²) in [6, 6.07) is 8.34. The summed E-state index contributed by atoms with van der Waals surface area (Å²) in [7, 11) is 4.49. The fourth-order valence-corrected chi connectivity index (χ4v) is 2.09. The van der Waals surface area contributed by atoms with Crippen LogP contribution in [0.1, 0.15) is 11.1 Å². The number of phenols is 2. The molecule has 2 N–H and O–H groups in total. The van der Waals surface area contributed by atoms with Gasteiger partial charge >= 0.3 is 0 Å². The molecule has 0 radical (unpaired) electrons. The van der Waals surface area contributed by atoms with Gasteiger partial charge in [0.1, 0.15) is 11.5 Å². The summed E-state index contributed by atoms with van der Waals surface area (Å²) in [6.07, 6.45) is 3.55. The van der Waals surface area contributed by atoms with Gasteiger partial charge in [0.05, 0.1) is 21.3 Å². The average molecular weight is 302 g/mol. The molecule has 0 unspecified atom stereocenters. The summed E-state index contributed by atoms with van der Waals surface area (Å²) in [5.41, 5.74) is 1.44. The largest absolute Gasteiger partial charge is 0.508 e. The summed E-state index contributed by atoms with van der Waals surface area (Å²) < 4.78 is 15.4. The Hall–Kier alpha value is -2.82. The van der Waals surface area contributed by atoms with E-state index in [-0.39, 0.29) is 11.5 Å². The second-order valence-electron chi connectivity index (χ2n) is 4.54. The van der Waals surface area contributed by atoms with E-state index in [4.69, 9.17) is 14.2 Å². The molecule has 0 spiro atoms. The number of aromatic hydroxyl groups is 2. The minimum atomic E-state index is -0.0550. The lowest BCUT2D eigenvalue weighted by atomic mass is 10.1. The van der Waals surface area contributed by atoms with Gasteiger partial charge in [0.15, 0.2) is 11.5 Å². The van der Waals surface area contributed by atoms with Gasteiger partial charge in [0.2, 0.25) is 5.75 Å². The first-order chi connectivity index (χ1) is 10.6. The standard InChI is InChI=1S/C17H18O5/c1-20-14-9-11(8-13(18)10-14)4-5-12-6-7-15(21-2)16(19)17(12)22-3/h4-10,18-19H,1-3H3/b5-4+. The molecule has 0 aromatic heterocycles. The fraction of sp³-hybridized carbons (Fsp3) is 0.176. The van der Waals surface area contributed by atoms with Gasteiger partial charge in [-0.15, -0.1) is 0 Å². The third-order valence-electron chi connectivity index (χ3n) is 3.15. The number of benzene rings is 2. The van der Waals surface area contributed by atoms with Gasteiger partial charge in [-0.1, -0.05) is 12.2 Å². The Morgan fingerprint density at radius 3 is 2.27 bits per heavy atom. The van der Waals surface area contributed by atoms with Crippen LogP contribution >= 0.6 is 0 Å². The van der Waals surface area contributed by atoms with Crippen LogP contribution in [0.4, 0.5) is 0 Å². The minimum Gasteiger partial charge on any atom is -0.508 e. The van der Waals surface area contributed by atoms with Crippen LogP contribution in [0.2, 0.25) is 0 Å². The molecule has 0 aliphatic carbocycles. The number of ether oxygens (including phenoxy) is 3. The molecular formula is C17H18O5. The summed E-state index contributed by atoms with van der Waals surface area (Å²) in [6.45, 7) is 0. The van der Waals surface area contributed by atoms with Crippen LogP contribution in [0.25, 0.3) is 12.2 Å². The van der Waals surface area contributed by atoms with E-state index in [1.165, 1.54) is 27.4 Å². The van der Waals surface area contributed by atoms with Gasteiger partial charge in [-0.2, -0.15) is 0 Å². The van der Waals surface area contributed by atoms with Crippen LogP contribution in [0.15, 0.2) is 30.3 Å². The van der Waals surface area contributed by atoms with E-state index in [9.17, 15) is 10.2 Å². The molecule has 0 aliphatic heterocycles.